The molecule has 1 atom stereocenters. The van der Waals surface area contributed by atoms with Crippen LogP contribution < -0.4 is 0 Å². The molecule has 2 heterocycles. The molecule has 0 saturated heterocycles. The molecule has 1 unspecified atom stereocenters. The molecule has 0 bridgehead atoms. The molecule has 1 aromatic carbocycles. The van der Waals surface area contributed by atoms with Crippen LogP contribution in [-0.4, -0.2) is 25.8 Å². The van der Waals surface area contributed by atoms with E-state index >= 15 is 0 Å². The van der Waals surface area contributed by atoms with Gasteiger partial charge in [0.1, 0.15) is 5.82 Å². The van der Waals surface area contributed by atoms with E-state index in [0.717, 1.165) is 52.6 Å². The van der Waals surface area contributed by atoms with Crippen molar-refractivity contribution in [2.45, 2.75) is 33.2 Å². The summed E-state index contributed by atoms with van der Waals surface area (Å²) < 4.78 is 4.78. The third-order valence-corrected chi connectivity index (χ3v) is 7.14. The number of oxime groups is 1. The third-order valence-electron chi connectivity index (χ3n) is 5.84. The van der Waals surface area contributed by atoms with Crippen molar-refractivity contribution in [1.82, 2.24) is 14.1 Å². The monoisotopic (exact) mass is 468 g/mol. The number of aryl methyl sites for hydroxylation is 2. The highest BCUT2D eigenvalue weighted by atomic mass is 35.5. The molecule has 166 valence electrons. The van der Waals surface area contributed by atoms with Gasteiger partial charge < -0.3 is 14.0 Å². The van der Waals surface area contributed by atoms with Crippen molar-refractivity contribution < 1.29 is 9.63 Å². The fourth-order valence-electron chi connectivity index (χ4n) is 4.17. The maximum Gasteiger partial charge on any atom is 0.371 e. The van der Waals surface area contributed by atoms with Crippen LogP contribution in [0.4, 0.5) is 0 Å². The Hall–Kier alpha value is -2.77. The zero-order valence-corrected chi connectivity index (χ0v) is 19.9. The molecule has 0 aliphatic heterocycles. The van der Waals surface area contributed by atoms with Crippen molar-refractivity contribution in [3.05, 3.63) is 75.7 Å². The first-order chi connectivity index (χ1) is 15.4. The van der Waals surface area contributed by atoms with E-state index < -0.39 is 5.97 Å². The van der Waals surface area contributed by atoms with Crippen LogP contribution in [0.15, 0.2) is 63.7 Å². The van der Waals surface area contributed by atoms with Crippen LogP contribution >= 0.6 is 23.4 Å². The Kier molecular flexibility index (Phi) is 6.58. The van der Waals surface area contributed by atoms with Crippen LogP contribution in [0.1, 0.15) is 30.4 Å². The minimum Gasteiger partial charge on any atom is -0.347 e. The van der Waals surface area contributed by atoms with Crippen molar-refractivity contribution in [2.75, 3.05) is 0 Å². The molecule has 6 nitrogen and oxygen atoms in total. The normalized spacial score (nSPS) is 17.6. The fourth-order valence-corrected chi connectivity index (χ4v) is 4.92. The number of benzene rings is 1. The van der Waals surface area contributed by atoms with Gasteiger partial charge in [0.05, 0.1) is 15.0 Å². The van der Waals surface area contributed by atoms with Gasteiger partial charge in [-0.15, -0.1) is 0 Å². The molecule has 3 aromatic rings. The summed E-state index contributed by atoms with van der Waals surface area (Å²) in [4.78, 5) is 22.5. The summed E-state index contributed by atoms with van der Waals surface area (Å²) in [6.07, 6.45) is 7.28. The molecule has 8 heteroatoms. The van der Waals surface area contributed by atoms with Gasteiger partial charge in [-0.05, 0) is 32.8 Å². The molecular weight excluding hydrogens is 444 g/mol. The van der Waals surface area contributed by atoms with E-state index in [0.29, 0.717) is 10.9 Å². The first kappa shape index (κ1) is 22.4. The number of para-hydroxylation sites is 1. The third kappa shape index (κ3) is 4.27. The van der Waals surface area contributed by atoms with E-state index in [1.807, 2.05) is 25.3 Å². The zero-order chi connectivity index (χ0) is 22.8. The van der Waals surface area contributed by atoms with Gasteiger partial charge in [0.15, 0.2) is 0 Å². The van der Waals surface area contributed by atoms with E-state index in [1.165, 1.54) is 5.69 Å². The lowest BCUT2D eigenvalue weighted by atomic mass is 9.84. The van der Waals surface area contributed by atoms with Crippen molar-refractivity contribution in [1.29, 1.82) is 0 Å². The number of carbonyl (C=O) groups excluding carboxylic acids is 1. The second-order valence-electron chi connectivity index (χ2n) is 7.73. The van der Waals surface area contributed by atoms with Gasteiger partial charge in [-0.3, -0.25) is 0 Å². The standard InChI is InChI=1S/C24H25ClN4O2S/c1-5-21(25)32-15(2)24(30)31-27-23-17(14-29-13-12-26-16(29)3)10-11-20-22(23)18-8-6-7-9-19(18)28(20)4/h5-9,12-13,17H,2,10-11,14H2,1,3-4H3/b21-5-,27-23+. The van der Waals surface area contributed by atoms with E-state index in [4.69, 9.17) is 16.4 Å². The molecule has 32 heavy (non-hydrogen) atoms. The van der Waals surface area contributed by atoms with Gasteiger partial charge in [-0.25, -0.2) is 9.78 Å². The highest BCUT2D eigenvalue weighted by Crippen LogP contribution is 2.35. The first-order valence-corrected chi connectivity index (χ1v) is 11.6. The Labute approximate surface area is 196 Å². The van der Waals surface area contributed by atoms with Gasteiger partial charge in [0.2, 0.25) is 0 Å². The summed E-state index contributed by atoms with van der Waals surface area (Å²) >= 11 is 7.08. The van der Waals surface area contributed by atoms with E-state index in [2.05, 4.69) is 45.0 Å². The molecule has 0 fully saturated rings. The maximum absolute atomic E-state index is 12.5. The summed E-state index contributed by atoms with van der Waals surface area (Å²) in [5.74, 6) is 0.414. The van der Waals surface area contributed by atoms with E-state index in [-0.39, 0.29) is 10.8 Å². The Bertz CT molecular complexity index is 1250. The van der Waals surface area contributed by atoms with Crippen molar-refractivity contribution in [3.63, 3.8) is 0 Å². The number of aromatic nitrogens is 3. The number of nitrogens with zero attached hydrogens (tertiary/aromatic N) is 4. The largest absolute Gasteiger partial charge is 0.371 e. The quantitative estimate of drug-likeness (QED) is 0.270. The van der Waals surface area contributed by atoms with Crippen LogP contribution in [0.5, 0.6) is 0 Å². The first-order valence-electron chi connectivity index (χ1n) is 10.4. The lowest BCUT2D eigenvalue weighted by Crippen LogP contribution is -2.28. The molecular formula is C24H25ClN4O2S. The number of imidazole rings is 1. The summed E-state index contributed by atoms with van der Waals surface area (Å²) in [7, 11) is 2.07. The average Bonchev–Trinajstić information content (AvgIpc) is 3.33. The Morgan fingerprint density at radius 1 is 1.44 bits per heavy atom. The number of fused-ring (bicyclic) bond motifs is 3. The summed E-state index contributed by atoms with van der Waals surface area (Å²) in [5, 5.41) is 5.53. The predicted octanol–water partition coefficient (Wildman–Crippen LogP) is 5.54. The molecule has 4 rings (SSSR count). The van der Waals surface area contributed by atoms with E-state index in [1.54, 1.807) is 19.2 Å². The summed E-state index contributed by atoms with van der Waals surface area (Å²) in [5.41, 5.74) is 4.16. The number of hydrogen-bond acceptors (Lipinski definition) is 5. The van der Waals surface area contributed by atoms with Crippen molar-refractivity contribution in [3.8, 4) is 0 Å². The van der Waals surface area contributed by atoms with Gasteiger partial charge in [-0.2, -0.15) is 0 Å². The molecule has 0 amide bonds. The number of halogens is 1. The highest BCUT2D eigenvalue weighted by molar-refractivity contribution is 8.08. The second kappa shape index (κ2) is 9.38. The molecule has 0 spiro atoms. The topological polar surface area (TPSA) is 61.4 Å². The van der Waals surface area contributed by atoms with Crippen molar-refractivity contribution in [2.24, 2.45) is 18.1 Å². The van der Waals surface area contributed by atoms with Crippen LogP contribution in [-0.2, 0) is 29.6 Å². The fraction of sp³-hybridized carbons (Fsp3) is 0.292. The molecule has 2 aromatic heterocycles. The summed E-state index contributed by atoms with van der Waals surface area (Å²) in [6, 6.07) is 8.25. The number of allylic oxidation sites excluding steroid dienone is 1. The molecule has 0 N–H and O–H groups in total. The van der Waals surface area contributed by atoms with Crippen LogP contribution in [0, 0.1) is 12.8 Å². The van der Waals surface area contributed by atoms with Crippen LogP contribution in [0.2, 0.25) is 0 Å². The lowest BCUT2D eigenvalue weighted by Gasteiger charge is -2.25. The average molecular weight is 469 g/mol. The van der Waals surface area contributed by atoms with Gasteiger partial charge in [-0.1, -0.05) is 59.4 Å². The Morgan fingerprint density at radius 2 is 2.22 bits per heavy atom. The summed E-state index contributed by atoms with van der Waals surface area (Å²) in [6.45, 7) is 8.26. The Morgan fingerprint density at radius 3 is 2.94 bits per heavy atom. The van der Waals surface area contributed by atoms with Gasteiger partial charge in [0, 0.05) is 54.1 Å². The highest BCUT2D eigenvalue weighted by Gasteiger charge is 2.32. The van der Waals surface area contributed by atoms with E-state index in [9.17, 15) is 4.79 Å². The van der Waals surface area contributed by atoms with Gasteiger partial charge >= 0.3 is 5.97 Å². The SMILES string of the molecule is C=C(S/C(Cl)=C\C)C(=O)O/N=C1/c2c(n(C)c3ccccc23)CCC1Cn1ccnc1C. The number of rotatable bonds is 6. The second-order valence-corrected chi connectivity index (χ2v) is 9.50. The molecule has 1 aliphatic rings. The Balaban J connectivity index is 1.73. The molecule has 1 aliphatic carbocycles. The minimum absolute atomic E-state index is 0.0778. The number of carbonyl (C=O) groups is 1. The zero-order valence-electron chi connectivity index (χ0n) is 18.3. The van der Waals surface area contributed by atoms with Gasteiger partial charge in [0.25, 0.3) is 0 Å². The maximum atomic E-state index is 12.5. The van der Waals surface area contributed by atoms with Crippen LogP contribution in [0.25, 0.3) is 10.9 Å². The van der Waals surface area contributed by atoms with Crippen LogP contribution in [0.3, 0.4) is 0 Å². The number of hydrogen-bond donors (Lipinski definition) is 0. The smallest absolute Gasteiger partial charge is 0.347 e. The predicted molar refractivity (Wildman–Crippen MR) is 131 cm³/mol. The minimum atomic E-state index is -0.604. The molecule has 0 radical (unpaired) electrons. The molecule has 0 saturated carbocycles. The lowest BCUT2D eigenvalue weighted by molar-refractivity contribution is -0.138. The number of thioether (sulfide) groups is 1. The van der Waals surface area contributed by atoms with Crippen molar-refractivity contribution >= 4 is 45.9 Å².